The van der Waals surface area contributed by atoms with Gasteiger partial charge in [0.1, 0.15) is 5.82 Å². The van der Waals surface area contributed by atoms with Crippen LogP contribution in [0.5, 0.6) is 0 Å². The molecule has 1 N–H and O–H groups in total. The molecule has 1 aliphatic heterocycles. The van der Waals surface area contributed by atoms with Crippen LogP contribution in [0.2, 0.25) is 0 Å². The molecule has 0 unspecified atom stereocenters. The van der Waals surface area contributed by atoms with E-state index in [0.717, 1.165) is 65.4 Å². The summed E-state index contributed by atoms with van der Waals surface area (Å²) in [6.45, 7) is 4.16. The second-order valence-electron chi connectivity index (χ2n) is 7.94. The minimum atomic E-state index is -0.241. The molecule has 0 radical (unpaired) electrons. The number of nitrogens with zero attached hydrogens (tertiary/aromatic N) is 3. The largest absolute Gasteiger partial charge is 0.360 e. The Morgan fingerprint density at radius 1 is 1.21 bits per heavy atom. The molecule has 1 fully saturated rings. The fourth-order valence-electron chi connectivity index (χ4n) is 4.40. The number of carbonyl (C=O) groups excluding carboxylic acids is 1. The smallest absolute Gasteiger partial charge is 0.219 e. The molecular weight excluding hydrogens is 367 g/mol. The van der Waals surface area contributed by atoms with Crippen LogP contribution in [0.15, 0.2) is 48.8 Å². The van der Waals surface area contributed by atoms with Crippen molar-refractivity contribution in [1.29, 1.82) is 0 Å². The first-order chi connectivity index (χ1) is 14.1. The van der Waals surface area contributed by atoms with E-state index in [1.54, 1.807) is 6.92 Å². The van der Waals surface area contributed by atoms with Gasteiger partial charge < -0.3 is 9.88 Å². The Balaban J connectivity index is 1.44. The fraction of sp³-hybridized carbons (Fsp3) is 0.304. The van der Waals surface area contributed by atoms with Gasteiger partial charge in [0.2, 0.25) is 5.91 Å². The second kappa shape index (κ2) is 7.03. The Hall–Kier alpha value is -3.15. The molecule has 0 spiro atoms. The second-order valence-corrected chi connectivity index (χ2v) is 7.94. The summed E-state index contributed by atoms with van der Waals surface area (Å²) < 4.78 is 15.6. The molecule has 4 aromatic rings. The highest BCUT2D eigenvalue weighted by molar-refractivity contribution is 5.97. The van der Waals surface area contributed by atoms with E-state index in [9.17, 15) is 9.18 Å². The molecule has 0 bridgehead atoms. The first kappa shape index (κ1) is 17.9. The molecule has 29 heavy (non-hydrogen) atoms. The van der Waals surface area contributed by atoms with Crippen molar-refractivity contribution in [1.82, 2.24) is 19.7 Å². The lowest BCUT2D eigenvalue weighted by Crippen LogP contribution is -2.38. The maximum Gasteiger partial charge on any atom is 0.219 e. The maximum absolute atomic E-state index is 13.5. The van der Waals surface area contributed by atoms with E-state index in [4.69, 9.17) is 0 Å². The van der Waals surface area contributed by atoms with E-state index in [0.29, 0.717) is 5.92 Å². The monoisotopic (exact) mass is 390 g/mol. The van der Waals surface area contributed by atoms with E-state index < -0.39 is 0 Å². The number of carbonyl (C=O) groups is 1. The quantitative estimate of drug-likeness (QED) is 0.557. The van der Waals surface area contributed by atoms with Gasteiger partial charge in [0.25, 0.3) is 0 Å². The number of aromatic amines is 1. The number of H-pyrrole nitrogens is 1. The number of halogens is 1. The Bertz CT molecular complexity index is 1200. The van der Waals surface area contributed by atoms with Gasteiger partial charge in [-0.05, 0) is 48.6 Å². The van der Waals surface area contributed by atoms with E-state index in [1.807, 2.05) is 23.4 Å². The lowest BCUT2D eigenvalue weighted by Gasteiger charge is -2.31. The molecule has 148 valence electrons. The van der Waals surface area contributed by atoms with Gasteiger partial charge in [-0.1, -0.05) is 12.1 Å². The van der Waals surface area contributed by atoms with Crippen LogP contribution in [0, 0.1) is 11.7 Å². The van der Waals surface area contributed by atoms with E-state index in [1.165, 1.54) is 12.1 Å². The summed E-state index contributed by atoms with van der Waals surface area (Å²) >= 11 is 0. The molecule has 1 saturated heterocycles. The topological polar surface area (TPSA) is 53.9 Å². The lowest BCUT2D eigenvalue weighted by atomic mass is 9.96. The van der Waals surface area contributed by atoms with Crippen molar-refractivity contribution in [2.75, 3.05) is 13.1 Å². The number of aromatic nitrogens is 3. The predicted molar refractivity (Wildman–Crippen MR) is 112 cm³/mol. The summed E-state index contributed by atoms with van der Waals surface area (Å²) in [6.07, 6.45) is 5.86. The van der Waals surface area contributed by atoms with Crippen LogP contribution in [-0.2, 0) is 11.3 Å². The van der Waals surface area contributed by atoms with Gasteiger partial charge in [-0.15, -0.1) is 0 Å². The average molecular weight is 390 g/mol. The number of benzene rings is 2. The van der Waals surface area contributed by atoms with Crippen LogP contribution < -0.4 is 0 Å². The maximum atomic E-state index is 13.5. The van der Waals surface area contributed by atoms with Crippen LogP contribution in [0.1, 0.15) is 19.8 Å². The van der Waals surface area contributed by atoms with Gasteiger partial charge in [0.05, 0.1) is 11.7 Å². The Morgan fingerprint density at radius 3 is 2.83 bits per heavy atom. The summed E-state index contributed by atoms with van der Waals surface area (Å²) in [5.74, 6) is 0.444. The SMILES string of the molecule is CC(=O)N1CCC(Cn2ncc3ccc(-c4c[nH]c5cc(F)ccc45)cc32)CC1. The van der Waals surface area contributed by atoms with Gasteiger partial charge >= 0.3 is 0 Å². The van der Waals surface area contributed by atoms with Crippen molar-refractivity contribution in [2.24, 2.45) is 5.92 Å². The Labute approximate surface area is 168 Å². The van der Waals surface area contributed by atoms with Crippen molar-refractivity contribution >= 4 is 27.7 Å². The van der Waals surface area contributed by atoms with Crippen molar-refractivity contribution in [2.45, 2.75) is 26.3 Å². The molecule has 3 heterocycles. The molecule has 6 heteroatoms. The number of rotatable bonds is 3. The fourth-order valence-corrected chi connectivity index (χ4v) is 4.40. The van der Waals surface area contributed by atoms with Gasteiger partial charge in [-0.2, -0.15) is 5.10 Å². The number of piperidine rings is 1. The summed E-state index contributed by atoms with van der Waals surface area (Å²) in [5.41, 5.74) is 4.05. The number of likely N-dealkylation sites (tertiary alicyclic amines) is 1. The van der Waals surface area contributed by atoms with Crippen LogP contribution in [-0.4, -0.2) is 38.7 Å². The third-order valence-corrected chi connectivity index (χ3v) is 6.09. The number of amides is 1. The van der Waals surface area contributed by atoms with E-state index in [-0.39, 0.29) is 11.7 Å². The normalized spacial score (nSPS) is 15.4. The summed E-state index contributed by atoms with van der Waals surface area (Å²) in [7, 11) is 0. The highest BCUT2D eigenvalue weighted by Crippen LogP contribution is 2.31. The average Bonchev–Trinajstić information content (AvgIpc) is 3.32. The Kier molecular flexibility index (Phi) is 4.34. The van der Waals surface area contributed by atoms with Crippen LogP contribution in [0.25, 0.3) is 32.9 Å². The minimum absolute atomic E-state index is 0.163. The van der Waals surface area contributed by atoms with Crippen molar-refractivity contribution < 1.29 is 9.18 Å². The molecule has 1 aliphatic rings. The minimum Gasteiger partial charge on any atom is -0.360 e. The predicted octanol–water partition coefficient (Wildman–Crippen LogP) is 4.58. The molecule has 1 amide bonds. The molecule has 0 saturated carbocycles. The third-order valence-electron chi connectivity index (χ3n) is 6.09. The molecule has 0 aliphatic carbocycles. The number of hydrogen-bond acceptors (Lipinski definition) is 2. The van der Waals surface area contributed by atoms with Crippen LogP contribution in [0.4, 0.5) is 4.39 Å². The standard InChI is InChI=1S/C23H23FN4O/c1-15(29)27-8-6-16(7-9-27)14-28-23-10-17(2-3-18(23)12-26-28)21-13-25-22-11-19(24)4-5-20(21)22/h2-5,10-13,16,25H,6-9,14H2,1H3. The Morgan fingerprint density at radius 2 is 2.03 bits per heavy atom. The van der Waals surface area contributed by atoms with Gasteiger partial charge in [-0.3, -0.25) is 9.48 Å². The van der Waals surface area contributed by atoms with Crippen LogP contribution in [0.3, 0.4) is 0 Å². The molecule has 2 aromatic heterocycles. The zero-order valence-electron chi connectivity index (χ0n) is 16.4. The molecule has 2 aromatic carbocycles. The van der Waals surface area contributed by atoms with Gasteiger partial charge in [0.15, 0.2) is 0 Å². The van der Waals surface area contributed by atoms with E-state index in [2.05, 4.69) is 33.0 Å². The molecule has 0 atom stereocenters. The van der Waals surface area contributed by atoms with Gasteiger partial charge in [0, 0.05) is 54.6 Å². The first-order valence-electron chi connectivity index (χ1n) is 10.1. The zero-order chi connectivity index (χ0) is 20.0. The lowest BCUT2D eigenvalue weighted by molar-refractivity contribution is -0.130. The highest BCUT2D eigenvalue weighted by Gasteiger charge is 2.22. The summed E-state index contributed by atoms with van der Waals surface area (Å²) in [4.78, 5) is 16.6. The van der Waals surface area contributed by atoms with Gasteiger partial charge in [-0.25, -0.2) is 4.39 Å². The molecule has 5 nitrogen and oxygen atoms in total. The summed E-state index contributed by atoms with van der Waals surface area (Å²) in [6, 6.07) is 11.2. The number of nitrogens with one attached hydrogen (secondary N) is 1. The third kappa shape index (κ3) is 3.28. The first-order valence-corrected chi connectivity index (χ1v) is 10.1. The van der Waals surface area contributed by atoms with Crippen LogP contribution >= 0.6 is 0 Å². The summed E-state index contributed by atoms with van der Waals surface area (Å²) in [5, 5.41) is 6.74. The highest BCUT2D eigenvalue weighted by atomic mass is 19.1. The number of fused-ring (bicyclic) bond motifs is 2. The van der Waals surface area contributed by atoms with Crippen molar-refractivity contribution in [3.63, 3.8) is 0 Å². The molecular formula is C23H23FN4O. The van der Waals surface area contributed by atoms with Crippen molar-refractivity contribution in [3.05, 3.63) is 54.6 Å². The van der Waals surface area contributed by atoms with E-state index >= 15 is 0 Å². The molecule has 5 rings (SSSR count). The van der Waals surface area contributed by atoms with Crippen molar-refractivity contribution in [3.8, 4) is 11.1 Å². The number of hydrogen-bond donors (Lipinski definition) is 1. The zero-order valence-corrected chi connectivity index (χ0v) is 16.4.